The number of nitrogen functional groups attached to an aromatic ring is 1. The maximum absolute atomic E-state index is 11.4. The van der Waals surface area contributed by atoms with Crippen molar-refractivity contribution in [2.75, 3.05) is 17.7 Å². The molecule has 5 heteroatoms. The zero-order valence-electron chi connectivity index (χ0n) is 11.7. The lowest BCUT2D eigenvalue weighted by atomic mass is 10.1. The second-order valence-electron chi connectivity index (χ2n) is 4.78. The molecule has 1 amide bonds. The van der Waals surface area contributed by atoms with Gasteiger partial charge in [-0.2, -0.15) is 0 Å². The molecular weight excluding hydrogens is 268 g/mol. The quantitative estimate of drug-likeness (QED) is 0.847. The molecule has 5 nitrogen and oxygen atoms in total. The predicted molar refractivity (Wildman–Crippen MR) is 80.9 cm³/mol. The fraction of sp³-hybridized carbons (Fsp3) is 0.188. The van der Waals surface area contributed by atoms with Crippen molar-refractivity contribution in [1.29, 1.82) is 0 Å². The molecule has 1 heterocycles. The summed E-state index contributed by atoms with van der Waals surface area (Å²) in [4.78, 5) is 11.4. The molecule has 1 aliphatic heterocycles. The Balaban J connectivity index is 1.87. The topological polar surface area (TPSA) is 73.6 Å². The van der Waals surface area contributed by atoms with E-state index in [1.807, 2.05) is 25.1 Å². The number of anilines is 2. The number of fused-ring (bicyclic) bond motifs is 1. The molecule has 0 spiro atoms. The van der Waals surface area contributed by atoms with Gasteiger partial charge in [0.2, 0.25) is 5.91 Å². The van der Waals surface area contributed by atoms with E-state index in [1.54, 1.807) is 18.2 Å². The van der Waals surface area contributed by atoms with Gasteiger partial charge in [-0.25, -0.2) is 0 Å². The number of ether oxygens (including phenoxy) is 2. The van der Waals surface area contributed by atoms with Crippen LogP contribution in [0, 0.1) is 0 Å². The highest BCUT2D eigenvalue weighted by Crippen LogP contribution is 2.36. The molecule has 1 aliphatic rings. The van der Waals surface area contributed by atoms with Gasteiger partial charge in [0.15, 0.2) is 5.75 Å². The second-order valence-corrected chi connectivity index (χ2v) is 4.78. The average molecular weight is 284 g/mol. The Labute approximate surface area is 122 Å². The number of hydrogen-bond acceptors (Lipinski definition) is 4. The van der Waals surface area contributed by atoms with E-state index < -0.39 is 0 Å². The van der Waals surface area contributed by atoms with Crippen LogP contribution < -0.4 is 20.5 Å². The molecule has 0 radical (unpaired) electrons. The molecular formula is C16H16N2O3. The smallest absolute Gasteiger partial charge is 0.228 e. The molecule has 2 aromatic rings. The third-order valence-corrected chi connectivity index (χ3v) is 3.21. The van der Waals surface area contributed by atoms with Crippen molar-refractivity contribution in [3.05, 3.63) is 42.0 Å². The van der Waals surface area contributed by atoms with Crippen LogP contribution >= 0.6 is 0 Å². The number of benzene rings is 2. The van der Waals surface area contributed by atoms with Gasteiger partial charge < -0.3 is 20.5 Å². The van der Waals surface area contributed by atoms with Crippen molar-refractivity contribution in [2.24, 2.45) is 0 Å². The molecule has 0 aliphatic carbocycles. The van der Waals surface area contributed by atoms with Gasteiger partial charge in [0.05, 0.1) is 18.7 Å². The monoisotopic (exact) mass is 284 g/mol. The van der Waals surface area contributed by atoms with Crippen molar-refractivity contribution in [3.63, 3.8) is 0 Å². The van der Waals surface area contributed by atoms with E-state index in [-0.39, 0.29) is 5.91 Å². The largest absolute Gasteiger partial charge is 0.494 e. The van der Waals surface area contributed by atoms with Gasteiger partial charge in [-0.15, -0.1) is 0 Å². The standard InChI is InChI=1S/C16H16N2O3/c1-2-20-11-4-3-5-12(8-11)21-15-9-14-10(6-13(15)17)7-16(19)18-14/h3-6,8-9H,2,7,17H2,1H3,(H,18,19). The lowest BCUT2D eigenvalue weighted by Gasteiger charge is -2.11. The molecule has 3 N–H and O–H groups in total. The molecule has 0 aromatic heterocycles. The van der Waals surface area contributed by atoms with Gasteiger partial charge in [0, 0.05) is 17.8 Å². The highest BCUT2D eigenvalue weighted by atomic mass is 16.5. The Kier molecular flexibility index (Phi) is 3.39. The summed E-state index contributed by atoms with van der Waals surface area (Å²) in [5, 5.41) is 2.78. The van der Waals surface area contributed by atoms with E-state index in [0.29, 0.717) is 30.2 Å². The molecule has 0 saturated heterocycles. The number of hydrogen-bond donors (Lipinski definition) is 2. The Morgan fingerprint density at radius 1 is 1.24 bits per heavy atom. The lowest BCUT2D eigenvalue weighted by Crippen LogP contribution is -2.03. The van der Waals surface area contributed by atoms with Crippen LogP contribution in [0.4, 0.5) is 11.4 Å². The van der Waals surface area contributed by atoms with Crippen LogP contribution in [0.1, 0.15) is 12.5 Å². The molecule has 108 valence electrons. The average Bonchev–Trinajstić information content (AvgIpc) is 2.79. The third kappa shape index (κ3) is 2.76. The van der Waals surface area contributed by atoms with Gasteiger partial charge in [0.25, 0.3) is 0 Å². The van der Waals surface area contributed by atoms with Crippen LogP contribution in [0.3, 0.4) is 0 Å². The van der Waals surface area contributed by atoms with Crippen LogP contribution in [-0.2, 0) is 11.2 Å². The molecule has 0 saturated carbocycles. The summed E-state index contributed by atoms with van der Waals surface area (Å²) in [5.74, 6) is 1.87. The third-order valence-electron chi connectivity index (χ3n) is 3.21. The molecule has 0 atom stereocenters. The fourth-order valence-electron chi connectivity index (χ4n) is 2.28. The summed E-state index contributed by atoms with van der Waals surface area (Å²) >= 11 is 0. The van der Waals surface area contributed by atoms with E-state index in [1.165, 1.54) is 0 Å². The van der Waals surface area contributed by atoms with Gasteiger partial charge in [-0.3, -0.25) is 4.79 Å². The van der Waals surface area contributed by atoms with Crippen molar-refractivity contribution < 1.29 is 14.3 Å². The molecule has 3 rings (SSSR count). The van der Waals surface area contributed by atoms with Crippen LogP contribution in [-0.4, -0.2) is 12.5 Å². The van der Waals surface area contributed by atoms with Crippen molar-refractivity contribution in [2.45, 2.75) is 13.3 Å². The Morgan fingerprint density at radius 3 is 2.86 bits per heavy atom. The first-order valence-corrected chi connectivity index (χ1v) is 6.78. The number of nitrogens with one attached hydrogen (secondary N) is 1. The van der Waals surface area contributed by atoms with Crippen molar-refractivity contribution >= 4 is 17.3 Å². The summed E-state index contributed by atoms with van der Waals surface area (Å²) < 4.78 is 11.2. The second kappa shape index (κ2) is 5.36. The first-order chi connectivity index (χ1) is 10.2. The normalized spacial score (nSPS) is 12.7. The molecule has 2 aromatic carbocycles. The van der Waals surface area contributed by atoms with E-state index in [0.717, 1.165) is 17.0 Å². The summed E-state index contributed by atoms with van der Waals surface area (Å²) in [6, 6.07) is 10.9. The Hall–Kier alpha value is -2.69. The molecule has 0 unspecified atom stereocenters. The molecule has 21 heavy (non-hydrogen) atoms. The van der Waals surface area contributed by atoms with Gasteiger partial charge in [-0.1, -0.05) is 6.07 Å². The summed E-state index contributed by atoms with van der Waals surface area (Å²) in [6.07, 6.45) is 0.361. The van der Waals surface area contributed by atoms with E-state index in [4.69, 9.17) is 15.2 Å². The minimum Gasteiger partial charge on any atom is -0.494 e. The maximum Gasteiger partial charge on any atom is 0.228 e. The summed E-state index contributed by atoms with van der Waals surface area (Å²) in [6.45, 7) is 2.52. The van der Waals surface area contributed by atoms with Crippen LogP contribution in [0.2, 0.25) is 0 Å². The summed E-state index contributed by atoms with van der Waals surface area (Å²) in [5.41, 5.74) is 8.15. The van der Waals surface area contributed by atoms with Gasteiger partial charge >= 0.3 is 0 Å². The lowest BCUT2D eigenvalue weighted by molar-refractivity contribution is -0.115. The Morgan fingerprint density at radius 2 is 2.05 bits per heavy atom. The summed E-state index contributed by atoms with van der Waals surface area (Å²) in [7, 11) is 0. The van der Waals surface area contributed by atoms with Gasteiger partial charge in [-0.05, 0) is 30.7 Å². The number of nitrogens with two attached hydrogens (primary N) is 1. The van der Waals surface area contributed by atoms with Crippen LogP contribution in [0.15, 0.2) is 36.4 Å². The van der Waals surface area contributed by atoms with Crippen molar-refractivity contribution in [1.82, 2.24) is 0 Å². The van der Waals surface area contributed by atoms with E-state index >= 15 is 0 Å². The molecule has 0 bridgehead atoms. The first kappa shape index (κ1) is 13.3. The van der Waals surface area contributed by atoms with E-state index in [2.05, 4.69) is 5.32 Å². The highest BCUT2D eigenvalue weighted by Gasteiger charge is 2.20. The van der Waals surface area contributed by atoms with E-state index in [9.17, 15) is 4.79 Å². The number of carbonyl (C=O) groups is 1. The maximum atomic E-state index is 11.4. The minimum atomic E-state index is -0.0279. The highest BCUT2D eigenvalue weighted by molar-refractivity contribution is 6.00. The van der Waals surface area contributed by atoms with Crippen LogP contribution in [0.5, 0.6) is 17.2 Å². The van der Waals surface area contributed by atoms with Gasteiger partial charge in [0.1, 0.15) is 11.5 Å². The molecule has 0 fully saturated rings. The Bertz CT molecular complexity index is 698. The number of rotatable bonds is 4. The SMILES string of the molecule is CCOc1cccc(Oc2cc3c(cc2N)CC(=O)N3)c1. The minimum absolute atomic E-state index is 0.0279. The van der Waals surface area contributed by atoms with Crippen LogP contribution in [0.25, 0.3) is 0 Å². The van der Waals surface area contributed by atoms with Crippen molar-refractivity contribution in [3.8, 4) is 17.2 Å². The zero-order chi connectivity index (χ0) is 14.8. The first-order valence-electron chi connectivity index (χ1n) is 6.78. The predicted octanol–water partition coefficient (Wildman–Crippen LogP) is 2.95. The zero-order valence-corrected chi connectivity index (χ0v) is 11.7. The number of amides is 1. The number of carbonyl (C=O) groups excluding carboxylic acids is 1. The fourth-order valence-corrected chi connectivity index (χ4v) is 2.28.